The molecule has 0 aliphatic carbocycles. The van der Waals surface area contributed by atoms with Gasteiger partial charge in [0, 0.05) is 31.9 Å². The predicted molar refractivity (Wildman–Crippen MR) is 112 cm³/mol. The van der Waals surface area contributed by atoms with Crippen LogP contribution in [0.4, 0.5) is 4.79 Å². The number of aliphatic hydroxyl groups is 1. The largest absolute Gasteiger partial charge is 0.446 e. The molecule has 1 aliphatic rings. The number of nitrogens with one attached hydrogen (secondary N) is 1. The van der Waals surface area contributed by atoms with Crippen molar-refractivity contribution in [2.45, 2.75) is 77.7 Å². The zero-order chi connectivity index (χ0) is 21.8. The van der Waals surface area contributed by atoms with E-state index in [2.05, 4.69) is 17.2 Å². The van der Waals surface area contributed by atoms with Gasteiger partial charge < -0.3 is 20.1 Å². The molecule has 1 saturated heterocycles. The highest BCUT2D eigenvalue weighted by Crippen LogP contribution is 2.28. The Bertz CT molecular complexity index is 797. The third kappa shape index (κ3) is 7.10. The van der Waals surface area contributed by atoms with Gasteiger partial charge in [-0.3, -0.25) is 4.79 Å². The lowest BCUT2D eigenvalue weighted by molar-refractivity contribution is -0.119. The number of benzene rings is 1. The van der Waals surface area contributed by atoms with Crippen LogP contribution >= 0.6 is 0 Å². The van der Waals surface area contributed by atoms with Gasteiger partial charge in [-0.15, -0.1) is 0 Å². The van der Waals surface area contributed by atoms with Gasteiger partial charge in [-0.05, 0) is 52.3 Å². The molecule has 0 spiro atoms. The number of carbonyl (C=O) groups excluding carboxylic acids is 2. The maximum absolute atomic E-state index is 12.4. The molecular formula is C23H32N2O4. The summed E-state index contributed by atoms with van der Waals surface area (Å²) in [5.41, 5.74) is 0.375. The molecule has 6 nitrogen and oxygen atoms in total. The van der Waals surface area contributed by atoms with Gasteiger partial charge in [0.05, 0.1) is 17.2 Å². The van der Waals surface area contributed by atoms with E-state index in [4.69, 9.17) is 4.74 Å². The smallest absolute Gasteiger partial charge is 0.410 e. The normalized spacial score (nSPS) is 18.4. The second kappa shape index (κ2) is 8.87. The summed E-state index contributed by atoms with van der Waals surface area (Å²) < 4.78 is 5.52. The van der Waals surface area contributed by atoms with Crippen LogP contribution in [-0.2, 0) is 9.53 Å². The van der Waals surface area contributed by atoms with Gasteiger partial charge >= 0.3 is 6.09 Å². The summed E-state index contributed by atoms with van der Waals surface area (Å²) in [7, 11) is 0. The molecule has 1 fully saturated rings. The fourth-order valence-electron chi connectivity index (χ4n) is 3.42. The molecule has 1 heterocycles. The van der Waals surface area contributed by atoms with Crippen molar-refractivity contribution in [1.29, 1.82) is 0 Å². The van der Waals surface area contributed by atoms with E-state index >= 15 is 0 Å². The van der Waals surface area contributed by atoms with E-state index in [1.165, 1.54) is 6.92 Å². The molecule has 29 heavy (non-hydrogen) atoms. The van der Waals surface area contributed by atoms with E-state index in [1.807, 2.05) is 45.0 Å². The maximum Gasteiger partial charge on any atom is 0.410 e. The van der Waals surface area contributed by atoms with Gasteiger partial charge in [0.25, 0.3) is 0 Å². The highest BCUT2D eigenvalue weighted by Gasteiger charge is 2.33. The van der Waals surface area contributed by atoms with Crippen LogP contribution in [0, 0.1) is 11.8 Å². The zero-order valence-corrected chi connectivity index (χ0v) is 18.2. The first-order chi connectivity index (χ1) is 13.4. The number of hydrogen-bond acceptors (Lipinski definition) is 4. The first-order valence-corrected chi connectivity index (χ1v) is 9.98. The minimum atomic E-state index is -0.857. The van der Waals surface area contributed by atoms with E-state index in [0.717, 1.165) is 11.1 Å². The van der Waals surface area contributed by atoms with Crippen molar-refractivity contribution in [3.05, 3.63) is 35.4 Å². The summed E-state index contributed by atoms with van der Waals surface area (Å²) in [4.78, 5) is 25.4. The Morgan fingerprint density at radius 1 is 1.31 bits per heavy atom. The standard InChI is InChI=1S/C23H32N2O4/c1-16(25-14-12-20(29-21(25)27)15-23(5,6)28)19-9-7-18(8-10-19)11-13-22(3,4)24-17(2)26/h7-10,16,20,28H,12,14-15H2,1-6H3,(H,24,26). The number of ether oxygens (including phenoxy) is 1. The second-order valence-electron chi connectivity index (χ2n) is 8.86. The lowest BCUT2D eigenvalue weighted by Crippen LogP contribution is -2.45. The van der Waals surface area contributed by atoms with Crippen molar-refractivity contribution in [1.82, 2.24) is 10.2 Å². The van der Waals surface area contributed by atoms with Crippen molar-refractivity contribution in [3.8, 4) is 11.8 Å². The number of carbonyl (C=O) groups is 2. The summed E-state index contributed by atoms with van der Waals surface area (Å²) in [6, 6.07) is 7.61. The minimum Gasteiger partial charge on any atom is -0.446 e. The summed E-state index contributed by atoms with van der Waals surface area (Å²) >= 11 is 0. The molecule has 0 radical (unpaired) electrons. The van der Waals surface area contributed by atoms with Gasteiger partial charge in [0.2, 0.25) is 5.91 Å². The summed E-state index contributed by atoms with van der Waals surface area (Å²) in [6.45, 7) is 11.2. The van der Waals surface area contributed by atoms with Crippen LogP contribution < -0.4 is 5.32 Å². The maximum atomic E-state index is 12.4. The van der Waals surface area contributed by atoms with Crippen molar-refractivity contribution < 1.29 is 19.4 Å². The fraction of sp³-hybridized carbons (Fsp3) is 0.565. The molecule has 0 saturated carbocycles. The highest BCUT2D eigenvalue weighted by molar-refractivity contribution is 5.74. The zero-order valence-electron chi connectivity index (χ0n) is 18.2. The van der Waals surface area contributed by atoms with Crippen LogP contribution in [-0.4, -0.2) is 45.8 Å². The average molecular weight is 401 g/mol. The fourth-order valence-corrected chi connectivity index (χ4v) is 3.42. The Labute approximate surface area is 173 Å². The summed E-state index contributed by atoms with van der Waals surface area (Å²) in [5, 5.41) is 12.7. The van der Waals surface area contributed by atoms with Gasteiger partial charge in [-0.25, -0.2) is 4.79 Å². The van der Waals surface area contributed by atoms with E-state index in [-0.39, 0.29) is 24.1 Å². The molecule has 1 aromatic rings. The third-order valence-corrected chi connectivity index (χ3v) is 4.79. The monoisotopic (exact) mass is 400 g/mol. The molecule has 1 aliphatic heterocycles. The molecule has 2 rings (SSSR count). The van der Waals surface area contributed by atoms with Crippen LogP contribution in [0.3, 0.4) is 0 Å². The Morgan fingerprint density at radius 3 is 2.45 bits per heavy atom. The van der Waals surface area contributed by atoms with E-state index in [9.17, 15) is 14.7 Å². The van der Waals surface area contributed by atoms with Crippen molar-refractivity contribution >= 4 is 12.0 Å². The van der Waals surface area contributed by atoms with E-state index < -0.39 is 11.1 Å². The first-order valence-electron chi connectivity index (χ1n) is 9.98. The van der Waals surface area contributed by atoms with Crippen molar-refractivity contribution in [2.24, 2.45) is 0 Å². The lowest BCUT2D eigenvalue weighted by Gasteiger charge is -2.37. The Hall–Kier alpha value is -2.52. The molecule has 158 valence electrons. The Morgan fingerprint density at radius 2 is 1.93 bits per heavy atom. The van der Waals surface area contributed by atoms with Crippen LogP contribution in [0.2, 0.25) is 0 Å². The molecule has 1 aromatic carbocycles. The van der Waals surface area contributed by atoms with Crippen LogP contribution in [0.5, 0.6) is 0 Å². The van der Waals surface area contributed by atoms with Gasteiger partial charge in [0.1, 0.15) is 6.10 Å². The third-order valence-electron chi connectivity index (χ3n) is 4.79. The molecule has 0 aromatic heterocycles. The Balaban J connectivity index is 2.02. The molecule has 2 N–H and O–H groups in total. The number of rotatable bonds is 5. The van der Waals surface area contributed by atoms with E-state index in [1.54, 1.807) is 18.7 Å². The Kier molecular flexibility index (Phi) is 6.97. The van der Waals surface area contributed by atoms with Crippen molar-refractivity contribution in [2.75, 3.05) is 6.54 Å². The van der Waals surface area contributed by atoms with E-state index in [0.29, 0.717) is 19.4 Å². The number of nitrogens with zero attached hydrogens (tertiary/aromatic N) is 1. The summed E-state index contributed by atoms with van der Waals surface area (Å²) in [5.74, 6) is 6.02. The van der Waals surface area contributed by atoms with Gasteiger partial charge in [-0.2, -0.15) is 0 Å². The molecule has 2 unspecified atom stereocenters. The topological polar surface area (TPSA) is 78.9 Å². The summed E-state index contributed by atoms with van der Waals surface area (Å²) in [6.07, 6.45) is 0.528. The second-order valence-corrected chi connectivity index (χ2v) is 8.86. The van der Waals surface area contributed by atoms with Crippen LogP contribution in [0.1, 0.15) is 71.6 Å². The average Bonchev–Trinajstić information content (AvgIpc) is 2.57. The van der Waals surface area contributed by atoms with Gasteiger partial charge in [0.15, 0.2) is 0 Å². The molecule has 0 bridgehead atoms. The molecular weight excluding hydrogens is 368 g/mol. The quantitative estimate of drug-likeness (QED) is 0.743. The highest BCUT2D eigenvalue weighted by atomic mass is 16.6. The van der Waals surface area contributed by atoms with Crippen molar-refractivity contribution in [3.63, 3.8) is 0 Å². The molecule has 6 heteroatoms. The molecule has 2 atom stereocenters. The first kappa shape index (κ1) is 22.8. The lowest BCUT2D eigenvalue weighted by atomic mass is 9.97. The van der Waals surface area contributed by atoms with Crippen LogP contribution in [0.15, 0.2) is 24.3 Å². The predicted octanol–water partition coefficient (Wildman–Crippen LogP) is 3.39. The van der Waals surface area contributed by atoms with Crippen LogP contribution in [0.25, 0.3) is 0 Å². The number of hydrogen-bond donors (Lipinski definition) is 2. The van der Waals surface area contributed by atoms with Gasteiger partial charge in [-0.1, -0.05) is 24.0 Å². The number of cyclic esters (lactones) is 1. The molecule has 2 amide bonds. The minimum absolute atomic E-state index is 0.119. The number of amides is 2. The SMILES string of the molecule is CC(=O)NC(C)(C)C#Cc1ccc(C(C)N2CCC(CC(C)(C)O)OC2=O)cc1.